The Labute approximate surface area is 162 Å². The number of aryl methyl sites for hydroxylation is 1. The first-order valence-electron chi connectivity index (χ1n) is 9.25. The molecule has 1 aliphatic rings. The number of carbonyl (C=O) groups excluding carboxylic acids is 1. The Bertz CT molecular complexity index is 1100. The van der Waals surface area contributed by atoms with Crippen LogP contribution in [0.15, 0.2) is 41.2 Å². The van der Waals surface area contributed by atoms with Crippen molar-refractivity contribution in [1.82, 2.24) is 14.5 Å². The molecule has 0 saturated carbocycles. The van der Waals surface area contributed by atoms with Gasteiger partial charge in [-0.15, -0.1) is 0 Å². The molecule has 1 unspecified atom stereocenters. The summed E-state index contributed by atoms with van der Waals surface area (Å²) in [6.07, 6.45) is 0.605. The van der Waals surface area contributed by atoms with Crippen LogP contribution >= 0.6 is 0 Å². The summed E-state index contributed by atoms with van der Waals surface area (Å²) in [6, 6.07) is 10.9. The first kappa shape index (κ1) is 18.2. The lowest BCUT2D eigenvalue weighted by atomic mass is 10.2. The first-order chi connectivity index (χ1) is 13.4. The summed E-state index contributed by atoms with van der Waals surface area (Å²) in [4.78, 5) is 29.8. The van der Waals surface area contributed by atoms with Gasteiger partial charge >= 0.3 is 0 Å². The third kappa shape index (κ3) is 3.35. The Hall–Kier alpha value is -3.22. The van der Waals surface area contributed by atoms with Gasteiger partial charge in [0.1, 0.15) is 23.3 Å². The van der Waals surface area contributed by atoms with Gasteiger partial charge in [-0.3, -0.25) is 9.59 Å². The minimum Gasteiger partial charge on any atom is -0.497 e. The Morgan fingerprint density at radius 1 is 1.18 bits per heavy atom. The van der Waals surface area contributed by atoms with Gasteiger partial charge in [-0.05, 0) is 31.2 Å². The number of amides is 1. The van der Waals surface area contributed by atoms with Gasteiger partial charge in [0, 0.05) is 48.7 Å². The number of aromatic nitrogens is 2. The van der Waals surface area contributed by atoms with Gasteiger partial charge in [0.15, 0.2) is 0 Å². The quantitative estimate of drug-likeness (QED) is 0.753. The third-order valence-electron chi connectivity index (χ3n) is 5.27. The molecule has 1 amide bonds. The van der Waals surface area contributed by atoms with Gasteiger partial charge in [0.05, 0.1) is 13.7 Å². The molecule has 2 aromatic heterocycles. The van der Waals surface area contributed by atoms with E-state index in [1.54, 1.807) is 23.6 Å². The number of fused-ring (bicyclic) bond motifs is 1. The van der Waals surface area contributed by atoms with Crippen LogP contribution in [0, 0.1) is 6.92 Å². The molecule has 0 aliphatic carbocycles. The molecular weight excluding hydrogens is 358 g/mol. The highest BCUT2D eigenvalue weighted by atomic mass is 16.5. The standard InChI is InChI=1S/C21H23N3O4/c1-13-8-17(11-20(25)23(13)2)28-16-6-7-24(12-16)21(26)19-9-14-4-5-15(27-3)10-18(14)22-19/h4-5,8-11,16,22H,6-7,12H2,1-3H3. The number of ether oxygens (including phenoxy) is 2. The molecule has 28 heavy (non-hydrogen) atoms. The maximum Gasteiger partial charge on any atom is 0.270 e. The van der Waals surface area contributed by atoms with Gasteiger partial charge in [0.2, 0.25) is 0 Å². The maximum atomic E-state index is 12.9. The molecular formula is C21H23N3O4. The second-order valence-corrected chi connectivity index (χ2v) is 7.15. The van der Waals surface area contributed by atoms with Crippen molar-refractivity contribution in [3.63, 3.8) is 0 Å². The third-order valence-corrected chi connectivity index (χ3v) is 5.27. The topological polar surface area (TPSA) is 76.6 Å². The molecule has 1 N–H and O–H groups in total. The van der Waals surface area contributed by atoms with Gasteiger partial charge in [-0.1, -0.05) is 0 Å². The lowest BCUT2D eigenvalue weighted by Gasteiger charge is -2.17. The monoisotopic (exact) mass is 381 g/mol. The number of hydrogen-bond donors (Lipinski definition) is 1. The number of rotatable bonds is 4. The molecule has 4 rings (SSSR count). The van der Waals surface area contributed by atoms with Crippen molar-refractivity contribution >= 4 is 16.8 Å². The highest BCUT2D eigenvalue weighted by molar-refractivity contribution is 5.98. The molecule has 1 atom stereocenters. The van der Waals surface area contributed by atoms with Crippen molar-refractivity contribution in [3.8, 4) is 11.5 Å². The van der Waals surface area contributed by atoms with Crippen molar-refractivity contribution < 1.29 is 14.3 Å². The highest BCUT2D eigenvalue weighted by Gasteiger charge is 2.29. The minimum absolute atomic E-state index is 0.0542. The largest absolute Gasteiger partial charge is 0.497 e. The van der Waals surface area contributed by atoms with E-state index >= 15 is 0 Å². The SMILES string of the molecule is COc1ccc2cc(C(=O)N3CCC(Oc4cc(C)n(C)c(=O)c4)C3)[nH]c2c1. The molecule has 7 heteroatoms. The fourth-order valence-corrected chi connectivity index (χ4v) is 3.52. The van der Waals surface area contributed by atoms with E-state index in [1.165, 1.54) is 6.07 Å². The summed E-state index contributed by atoms with van der Waals surface area (Å²) in [7, 11) is 3.35. The van der Waals surface area contributed by atoms with E-state index in [1.807, 2.05) is 37.3 Å². The number of likely N-dealkylation sites (tertiary alicyclic amines) is 1. The molecule has 0 radical (unpaired) electrons. The van der Waals surface area contributed by atoms with E-state index in [2.05, 4.69) is 4.98 Å². The summed E-state index contributed by atoms with van der Waals surface area (Å²) in [5.41, 5.74) is 2.15. The second-order valence-electron chi connectivity index (χ2n) is 7.15. The number of carbonyl (C=O) groups is 1. The Balaban J connectivity index is 1.46. The molecule has 3 heterocycles. The molecule has 1 aliphatic heterocycles. The number of nitrogens with zero attached hydrogens (tertiary/aromatic N) is 2. The van der Waals surface area contributed by atoms with E-state index in [-0.39, 0.29) is 17.6 Å². The number of H-pyrrole nitrogens is 1. The lowest BCUT2D eigenvalue weighted by molar-refractivity contribution is 0.0767. The average Bonchev–Trinajstić information content (AvgIpc) is 3.31. The summed E-state index contributed by atoms with van der Waals surface area (Å²) >= 11 is 0. The van der Waals surface area contributed by atoms with Gasteiger partial charge < -0.3 is 23.9 Å². The zero-order chi connectivity index (χ0) is 19.8. The first-order valence-corrected chi connectivity index (χ1v) is 9.25. The van der Waals surface area contributed by atoms with E-state index in [4.69, 9.17) is 9.47 Å². The number of aromatic amines is 1. The van der Waals surface area contributed by atoms with E-state index in [0.717, 1.165) is 28.8 Å². The van der Waals surface area contributed by atoms with Crippen LogP contribution in [0.5, 0.6) is 11.5 Å². The summed E-state index contributed by atoms with van der Waals surface area (Å²) in [6.45, 7) is 2.97. The fraction of sp³-hybridized carbons (Fsp3) is 0.333. The van der Waals surface area contributed by atoms with Crippen LogP contribution in [-0.4, -0.2) is 46.7 Å². The maximum absolute atomic E-state index is 12.9. The van der Waals surface area contributed by atoms with E-state index in [0.29, 0.717) is 24.5 Å². The number of methoxy groups -OCH3 is 1. The van der Waals surface area contributed by atoms with Crippen molar-refractivity contribution in [2.24, 2.45) is 7.05 Å². The van der Waals surface area contributed by atoms with Crippen molar-refractivity contribution in [2.75, 3.05) is 20.2 Å². The molecule has 1 saturated heterocycles. The normalized spacial score (nSPS) is 16.5. The predicted octanol–water partition coefficient (Wildman–Crippen LogP) is 2.48. The Morgan fingerprint density at radius 3 is 2.75 bits per heavy atom. The van der Waals surface area contributed by atoms with Crippen molar-refractivity contribution in [2.45, 2.75) is 19.4 Å². The average molecular weight is 381 g/mol. The smallest absolute Gasteiger partial charge is 0.270 e. The molecule has 1 aromatic carbocycles. The van der Waals surface area contributed by atoms with Crippen LogP contribution in [0.2, 0.25) is 0 Å². The number of nitrogens with one attached hydrogen (secondary N) is 1. The Morgan fingerprint density at radius 2 is 2.00 bits per heavy atom. The molecule has 0 bridgehead atoms. The predicted molar refractivity (Wildman–Crippen MR) is 106 cm³/mol. The number of hydrogen-bond acceptors (Lipinski definition) is 4. The van der Waals surface area contributed by atoms with Crippen LogP contribution in [0.1, 0.15) is 22.6 Å². The zero-order valence-corrected chi connectivity index (χ0v) is 16.2. The minimum atomic E-state index is -0.125. The van der Waals surface area contributed by atoms with Gasteiger partial charge in [-0.25, -0.2) is 0 Å². The second kappa shape index (κ2) is 7.07. The summed E-state index contributed by atoms with van der Waals surface area (Å²) in [5.74, 6) is 1.24. The molecule has 146 valence electrons. The molecule has 3 aromatic rings. The summed E-state index contributed by atoms with van der Waals surface area (Å²) < 4.78 is 12.8. The van der Waals surface area contributed by atoms with Crippen LogP contribution in [0.4, 0.5) is 0 Å². The zero-order valence-electron chi connectivity index (χ0n) is 16.2. The van der Waals surface area contributed by atoms with E-state index < -0.39 is 0 Å². The number of benzene rings is 1. The van der Waals surface area contributed by atoms with Gasteiger partial charge in [0.25, 0.3) is 11.5 Å². The Kier molecular flexibility index (Phi) is 4.58. The fourth-order valence-electron chi connectivity index (χ4n) is 3.52. The van der Waals surface area contributed by atoms with Crippen LogP contribution < -0.4 is 15.0 Å². The molecule has 1 fully saturated rings. The molecule has 7 nitrogen and oxygen atoms in total. The lowest BCUT2D eigenvalue weighted by Crippen LogP contribution is -2.31. The van der Waals surface area contributed by atoms with Crippen molar-refractivity contribution in [3.05, 3.63) is 58.1 Å². The number of pyridine rings is 1. The van der Waals surface area contributed by atoms with Crippen LogP contribution in [0.25, 0.3) is 10.9 Å². The van der Waals surface area contributed by atoms with E-state index in [9.17, 15) is 9.59 Å². The van der Waals surface area contributed by atoms with Crippen LogP contribution in [-0.2, 0) is 7.05 Å². The van der Waals surface area contributed by atoms with Crippen LogP contribution in [0.3, 0.4) is 0 Å². The van der Waals surface area contributed by atoms with Crippen molar-refractivity contribution in [1.29, 1.82) is 0 Å². The molecule has 0 spiro atoms. The van der Waals surface area contributed by atoms with Gasteiger partial charge in [-0.2, -0.15) is 0 Å². The highest BCUT2D eigenvalue weighted by Crippen LogP contribution is 2.24. The summed E-state index contributed by atoms with van der Waals surface area (Å²) in [5, 5.41) is 0.965.